The second-order valence-corrected chi connectivity index (χ2v) is 11.6. The van der Waals surface area contributed by atoms with Gasteiger partial charge in [0.05, 0.1) is 0 Å². The van der Waals surface area contributed by atoms with E-state index in [0.717, 1.165) is 49.4 Å². The summed E-state index contributed by atoms with van der Waals surface area (Å²) >= 11 is 0. The molecule has 0 aromatic heterocycles. The molecule has 0 unspecified atom stereocenters. The molecule has 5 aromatic rings. The molecule has 1 heteroatoms. The van der Waals surface area contributed by atoms with E-state index >= 15 is 0 Å². The van der Waals surface area contributed by atoms with Gasteiger partial charge in [0.2, 0.25) is 0 Å². The quantitative estimate of drug-likeness (QED) is 0.179. The van der Waals surface area contributed by atoms with Crippen LogP contribution >= 0.6 is 0 Å². The summed E-state index contributed by atoms with van der Waals surface area (Å²) in [6.07, 6.45) is 1.84. The Morgan fingerprint density at radius 1 is 0.632 bits per heavy atom. The standard InChI is InChI=1S/C37H36O/c1-9-26-18-22(2)33(23(3)19-26)36(38)35-30-16-12-10-14-28(30)34(29-15-11-13-17-31(29)35)32-24(4)20-27(21-25(32)5)37(6,7)8/h9-21H,1H2,2-8H3. The van der Waals surface area contributed by atoms with Gasteiger partial charge in [0.15, 0.2) is 5.78 Å². The number of carbonyl (C=O) groups excluding carboxylic acids is 1. The van der Waals surface area contributed by atoms with Crippen LogP contribution in [0, 0.1) is 27.7 Å². The number of aryl methyl sites for hydroxylation is 4. The van der Waals surface area contributed by atoms with Crippen molar-refractivity contribution >= 4 is 33.4 Å². The molecule has 5 rings (SSSR count). The van der Waals surface area contributed by atoms with E-state index in [9.17, 15) is 4.79 Å². The van der Waals surface area contributed by atoms with Crippen LogP contribution in [0.2, 0.25) is 0 Å². The van der Waals surface area contributed by atoms with Crippen LogP contribution in [0.5, 0.6) is 0 Å². The van der Waals surface area contributed by atoms with Crippen molar-refractivity contribution in [3.8, 4) is 11.1 Å². The fraction of sp³-hybridized carbons (Fsp3) is 0.216. The Bertz CT molecular complexity index is 1660. The first-order chi connectivity index (χ1) is 18.0. The van der Waals surface area contributed by atoms with Crippen molar-refractivity contribution in [1.82, 2.24) is 0 Å². The van der Waals surface area contributed by atoms with E-state index in [-0.39, 0.29) is 11.2 Å². The summed E-state index contributed by atoms with van der Waals surface area (Å²) in [4.78, 5) is 14.4. The molecule has 0 heterocycles. The average Bonchev–Trinajstić information content (AvgIpc) is 2.86. The van der Waals surface area contributed by atoms with Crippen molar-refractivity contribution in [2.75, 3.05) is 0 Å². The van der Waals surface area contributed by atoms with Crippen molar-refractivity contribution in [3.63, 3.8) is 0 Å². The van der Waals surface area contributed by atoms with E-state index in [4.69, 9.17) is 0 Å². The van der Waals surface area contributed by atoms with Crippen molar-refractivity contribution in [1.29, 1.82) is 0 Å². The summed E-state index contributed by atoms with van der Waals surface area (Å²) in [7, 11) is 0. The number of fused-ring (bicyclic) bond motifs is 2. The molecule has 0 saturated carbocycles. The van der Waals surface area contributed by atoms with E-state index in [1.165, 1.54) is 27.8 Å². The molecular formula is C37H36O. The van der Waals surface area contributed by atoms with Gasteiger partial charge < -0.3 is 0 Å². The van der Waals surface area contributed by atoms with Gasteiger partial charge in [0.1, 0.15) is 0 Å². The van der Waals surface area contributed by atoms with Gasteiger partial charge in [-0.15, -0.1) is 0 Å². The SMILES string of the molecule is C=Cc1cc(C)c(C(=O)c2c3ccccc3c(-c3c(C)cc(C(C)(C)C)cc3C)c3ccccc23)c(C)c1. The lowest BCUT2D eigenvalue weighted by Gasteiger charge is -2.24. The first kappa shape index (κ1) is 25.7. The minimum Gasteiger partial charge on any atom is -0.289 e. The summed E-state index contributed by atoms with van der Waals surface area (Å²) in [6, 6.07) is 25.6. The highest BCUT2D eigenvalue weighted by Crippen LogP contribution is 2.43. The maximum absolute atomic E-state index is 14.4. The molecule has 0 aliphatic heterocycles. The zero-order chi connectivity index (χ0) is 27.4. The molecule has 0 fully saturated rings. The second-order valence-electron chi connectivity index (χ2n) is 11.6. The molecule has 0 atom stereocenters. The van der Waals surface area contributed by atoms with Crippen molar-refractivity contribution < 1.29 is 4.79 Å². The third-order valence-corrected chi connectivity index (χ3v) is 7.83. The average molecular weight is 497 g/mol. The van der Waals surface area contributed by atoms with Gasteiger partial charge in [0, 0.05) is 11.1 Å². The van der Waals surface area contributed by atoms with Crippen molar-refractivity contribution in [2.24, 2.45) is 0 Å². The molecule has 0 saturated heterocycles. The van der Waals surface area contributed by atoms with Gasteiger partial charge in [-0.05, 0) is 99.2 Å². The molecule has 5 aromatic carbocycles. The molecule has 0 bridgehead atoms. The Hall–Kier alpha value is -3.97. The lowest BCUT2D eigenvalue weighted by Crippen LogP contribution is -2.12. The van der Waals surface area contributed by atoms with Crippen molar-refractivity contribution in [2.45, 2.75) is 53.9 Å². The van der Waals surface area contributed by atoms with E-state index in [1.54, 1.807) is 0 Å². The van der Waals surface area contributed by atoms with Crippen LogP contribution in [0.4, 0.5) is 0 Å². The van der Waals surface area contributed by atoms with E-state index in [1.807, 2.05) is 32.1 Å². The van der Waals surface area contributed by atoms with Crippen LogP contribution in [-0.4, -0.2) is 5.78 Å². The third-order valence-electron chi connectivity index (χ3n) is 7.83. The highest BCUT2D eigenvalue weighted by Gasteiger charge is 2.25. The maximum Gasteiger partial charge on any atom is 0.194 e. The van der Waals surface area contributed by atoms with Gasteiger partial charge in [-0.25, -0.2) is 0 Å². The fourth-order valence-electron chi connectivity index (χ4n) is 6.03. The Balaban J connectivity index is 1.89. The highest BCUT2D eigenvalue weighted by atomic mass is 16.1. The van der Waals surface area contributed by atoms with E-state index in [0.29, 0.717) is 0 Å². The summed E-state index contributed by atoms with van der Waals surface area (Å²) < 4.78 is 0. The molecule has 0 aliphatic carbocycles. The number of carbonyl (C=O) groups is 1. The molecule has 1 nitrogen and oxygen atoms in total. The number of benzene rings is 5. The summed E-state index contributed by atoms with van der Waals surface area (Å²) in [6.45, 7) is 19.2. The minimum absolute atomic E-state index is 0.0747. The zero-order valence-corrected chi connectivity index (χ0v) is 23.6. The monoisotopic (exact) mass is 496 g/mol. The lowest BCUT2D eigenvalue weighted by atomic mass is 9.79. The van der Waals surface area contributed by atoms with Gasteiger partial charge in [-0.1, -0.05) is 106 Å². The second kappa shape index (κ2) is 9.40. The van der Waals surface area contributed by atoms with E-state index in [2.05, 4.69) is 102 Å². The lowest BCUT2D eigenvalue weighted by molar-refractivity contribution is 0.104. The molecule has 190 valence electrons. The van der Waals surface area contributed by atoms with E-state index < -0.39 is 0 Å². The molecule has 0 aliphatic rings. The van der Waals surface area contributed by atoms with Crippen molar-refractivity contribution in [3.05, 3.63) is 124 Å². The number of hydrogen-bond donors (Lipinski definition) is 0. The first-order valence-corrected chi connectivity index (χ1v) is 13.4. The predicted molar refractivity (Wildman–Crippen MR) is 165 cm³/mol. The van der Waals surface area contributed by atoms with Crippen LogP contribution in [0.1, 0.15) is 70.1 Å². The number of hydrogen-bond acceptors (Lipinski definition) is 1. The molecule has 0 spiro atoms. The smallest absolute Gasteiger partial charge is 0.194 e. The largest absolute Gasteiger partial charge is 0.289 e. The zero-order valence-electron chi connectivity index (χ0n) is 23.6. The molecule has 0 radical (unpaired) electrons. The van der Waals surface area contributed by atoms with Crippen LogP contribution in [-0.2, 0) is 5.41 Å². The normalized spacial score (nSPS) is 11.8. The molecular weight excluding hydrogens is 460 g/mol. The maximum atomic E-state index is 14.4. The Morgan fingerprint density at radius 3 is 1.50 bits per heavy atom. The fourth-order valence-corrected chi connectivity index (χ4v) is 6.03. The van der Waals surface area contributed by atoms with Crippen LogP contribution in [0.25, 0.3) is 38.7 Å². The van der Waals surface area contributed by atoms with Gasteiger partial charge in [-0.2, -0.15) is 0 Å². The van der Waals surface area contributed by atoms with Crippen LogP contribution < -0.4 is 0 Å². The number of rotatable bonds is 4. The number of ketones is 1. The van der Waals surface area contributed by atoms with Gasteiger partial charge >= 0.3 is 0 Å². The summed E-state index contributed by atoms with van der Waals surface area (Å²) in [5, 5.41) is 4.22. The minimum atomic E-state index is 0.0747. The molecule has 0 amide bonds. The van der Waals surface area contributed by atoms with Gasteiger partial charge in [0.25, 0.3) is 0 Å². The topological polar surface area (TPSA) is 17.1 Å². The summed E-state index contributed by atoms with van der Waals surface area (Å²) in [5.74, 6) is 0.0751. The first-order valence-electron chi connectivity index (χ1n) is 13.4. The third kappa shape index (κ3) is 4.17. The highest BCUT2D eigenvalue weighted by molar-refractivity contribution is 6.29. The Labute approximate surface area is 226 Å². The van der Waals surface area contributed by atoms with Crippen LogP contribution in [0.3, 0.4) is 0 Å². The predicted octanol–water partition coefficient (Wildman–Crippen LogP) is 10.1. The summed E-state index contributed by atoms with van der Waals surface area (Å²) in [5.41, 5.74) is 10.9. The Morgan fingerprint density at radius 2 is 1.08 bits per heavy atom. The Kier molecular flexibility index (Phi) is 6.35. The van der Waals surface area contributed by atoms with Crippen LogP contribution in [0.15, 0.2) is 79.4 Å². The molecule has 0 N–H and O–H groups in total. The molecule has 38 heavy (non-hydrogen) atoms. The van der Waals surface area contributed by atoms with Gasteiger partial charge in [-0.3, -0.25) is 4.79 Å².